The highest BCUT2D eigenvalue weighted by Gasteiger charge is 2.28. The number of nitrogens with zero attached hydrogens (tertiary/aromatic N) is 1. The molecule has 0 unspecified atom stereocenters. The number of aromatic nitrogens is 1. The third-order valence-corrected chi connectivity index (χ3v) is 1.62. The molecular formula is C9H9F2NO4. The Bertz CT molecular complexity index is 414. The zero-order valence-corrected chi connectivity index (χ0v) is 8.62. The standard InChI is InChI=1S/C9H9F2NO4/c1-3-15-9(14)6-5(7(10)11)12-8(16-6)4(2)13/h7H,3H2,1-2H3. The molecule has 16 heavy (non-hydrogen) atoms. The minimum absolute atomic E-state index is 0.0115. The average molecular weight is 233 g/mol. The van der Waals surface area contributed by atoms with E-state index in [1.54, 1.807) is 0 Å². The van der Waals surface area contributed by atoms with Crippen LogP contribution in [0.5, 0.6) is 0 Å². The molecule has 1 aromatic rings. The largest absolute Gasteiger partial charge is 0.460 e. The molecular weight excluding hydrogens is 224 g/mol. The topological polar surface area (TPSA) is 69.4 Å². The van der Waals surface area contributed by atoms with Crippen molar-refractivity contribution >= 4 is 11.8 Å². The fourth-order valence-corrected chi connectivity index (χ4v) is 0.973. The predicted molar refractivity (Wildman–Crippen MR) is 47.4 cm³/mol. The van der Waals surface area contributed by atoms with Gasteiger partial charge in [0.1, 0.15) is 0 Å². The second kappa shape index (κ2) is 4.82. The Labute approximate surface area is 89.4 Å². The Balaban J connectivity index is 3.15. The minimum atomic E-state index is -3.00. The van der Waals surface area contributed by atoms with Crippen molar-refractivity contribution in [2.75, 3.05) is 6.61 Å². The van der Waals surface area contributed by atoms with Crippen LogP contribution in [-0.4, -0.2) is 23.3 Å². The zero-order chi connectivity index (χ0) is 12.3. The number of ketones is 1. The van der Waals surface area contributed by atoms with Crippen LogP contribution in [-0.2, 0) is 4.74 Å². The number of carbonyl (C=O) groups is 2. The molecule has 0 aromatic carbocycles. The van der Waals surface area contributed by atoms with Crippen LogP contribution in [0, 0.1) is 0 Å². The van der Waals surface area contributed by atoms with Crippen LogP contribution in [0.15, 0.2) is 4.42 Å². The van der Waals surface area contributed by atoms with E-state index in [0.29, 0.717) is 0 Å². The molecule has 1 heterocycles. The third kappa shape index (κ3) is 2.41. The number of rotatable bonds is 4. The highest BCUT2D eigenvalue weighted by atomic mass is 19.3. The lowest BCUT2D eigenvalue weighted by molar-refractivity contribution is 0.0474. The fraction of sp³-hybridized carbons (Fsp3) is 0.444. The molecule has 0 N–H and O–H groups in total. The van der Waals surface area contributed by atoms with Crippen LogP contribution in [0.1, 0.15) is 47.2 Å². The van der Waals surface area contributed by atoms with Gasteiger partial charge in [-0.2, -0.15) is 0 Å². The average Bonchev–Trinajstić information content (AvgIpc) is 2.62. The van der Waals surface area contributed by atoms with Crippen LogP contribution in [0.4, 0.5) is 8.78 Å². The molecule has 0 saturated heterocycles. The Hall–Kier alpha value is -1.79. The summed E-state index contributed by atoms with van der Waals surface area (Å²) < 4.78 is 34.1. The molecule has 88 valence electrons. The number of alkyl halides is 2. The Morgan fingerprint density at radius 1 is 1.50 bits per heavy atom. The first kappa shape index (κ1) is 12.3. The summed E-state index contributed by atoms with van der Waals surface area (Å²) in [6.07, 6.45) is -3.00. The minimum Gasteiger partial charge on any atom is -0.460 e. The number of ether oxygens (including phenoxy) is 1. The summed E-state index contributed by atoms with van der Waals surface area (Å²) in [5, 5.41) is 0. The molecule has 0 fully saturated rings. The normalized spacial score (nSPS) is 10.6. The molecule has 0 aliphatic heterocycles. The van der Waals surface area contributed by atoms with Gasteiger partial charge in [0.2, 0.25) is 11.5 Å². The quantitative estimate of drug-likeness (QED) is 0.587. The number of oxazole rings is 1. The summed E-state index contributed by atoms with van der Waals surface area (Å²) in [4.78, 5) is 25.3. The maximum absolute atomic E-state index is 12.5. The first-order chi connectivity index (χ1) is 7.47. The van der Waals surface area contributed by atoms with Crippen molar-refractivity contribution in [3.05, 3.63) is 17.3 Å². The number of esters is 1. The third-order valence-electron chi connectivity index (χ3n) is 1.62. The molecule has 7 heteroatoms. The predicted octanol–water partition coefficient (Wildman–Crippen LogP) is 1.99. The van der Waals surface area contributed by atoms with Crippen molar-refractivity contribution in [3.63, 3.8) is 0 Å². The first-order valence-corrected chi connectivity index (χ1v) is 4.44. The molecule has 1 aromatic heterocycles. The number of halogens is 2. The highest BCUT2D eigenvalue weighted by molar-refractivity contribution is 5.92. The van der Waals surface area contributed by atoms with Crippen molar-refractivity contribution in [1.29, 1.82) is 0 Å². The van der Waals surface area contributed by atoms with Gasteiger partial charge >= 0.3 is 5.97 Å². The Kier molecular flexibility index (Phi) is 3.70. The van der Waals surface area contributed by atoms with Gasteiger partial charge in [-0.1, -0.05) is 0 Å². The molecule has 1 rings (SSSR count). The van der Waals surface area contributed by atoms with Crippen LogP contribution in [0.3, 0.4) is 0 Å². The molecule has 0 saturated carbocycles. The van der Waals surface area contributed by atoms with E-state index in [9.17, 15) is 18.4 Å². The Morgan fingerprint density at radius 3 is 2.56 bits per heavy atom. The van der Waals surface area contributed by atoms with Crippen LogP contribution >= 0.6 is 0 Å². The maximum Gasteiger partial charge on any atom is 0.376 e. The van der Waals surface area contributed by atoms with E-state index in [-0.39, 0.29) is 6.61 Å². The van der Waals surface area contributed by atoms with E-state index in [0.717, 1.165) is 6.92 Å². The summed E-state index contributed by atoms with van der Waals surface area (Å²) in [6, 6.07) is 0. The molecule has 0 bridgehead atoms. The lowest BCUT2D eigenvalue weighted by Gasteiger charge is -1.99. The van der Waals surface area contributed by atoms with Crippen LogP contribution in [0.25, 0.3) is 0 Å². The molecule has 5 nitrogen and oxygen atoms in total. The Morgan fingerprint density at radius 2 is 2.12 bits per heavy atom. The summed E-state index contributed by atoms with van der Waals surface area (Å²) in [5.41, 5.74) is -0.872. The van der Waals surface area contributed by atoms with Gasteiger partial charge in [-0.3, -0.25) is 4.79 Å². The van der Waals surface area contributed by atoms with Gasteiger partial charge in [-0.05, 0) is 6.92 Å². The van der Waals surface area contributed by atoms with Crippen molar-refractivity contribution in [2.24, 2.45) is 0 Å². The van der Waals surface area contributed by atoms with Gasteiger partial charge in [-0.15, -0.1) is 0 Å². The number of Topliss-reactive ketones (excluding diaryl/α,β-unsaturated/α-hetero) is 1. The van der Waals surface area contributed by atoms with Crippen molar-refractivity contribution < 1.29 is 27.5 Å². The second-order valence-corrected chi connectivity index (χ2v) is 2.81. The molecule has 0 spiro atoms. The zero-order valence-electron chi connectivity index (χ0n) is 8.62. The van der Waals surface area contributed by atoms with Crippen molar-refractivity contribution in [1.82, 2.24) is 4.98 Å². The monoisotopic (exact) mass is 233 g/mol. The fourth-order valence-electron chi connectivity index (χ4n) is 0.973. The molecule has 0 radical (unpaired) electrons. The van der Waals surface area contributed by atoms with Gasteiger partial charge in [0.05, 0.1) is 6.61 Å². The van der Waals surface area contributed by atoms with Gasteiger partial charge in [-0.25, -0.2) is 18.6 Å². The molecule has 0 aliphatic carbocycles. The van der Waals surface area contributed by atoms with Gasteiger partial charge < -0.3 is 9.15 Å². The number of hydrogen-bond acceptors (Lipinski definition) is 5. The van der Waals surface area contributed by atoms with E-state index in [1.165, 1.54) is 6.92 Å². The molecule has 0 aliphatic rings. The lowest BCUT2D eigenvalue weighted by Crippen LogP contribution is -2.06. The van der Waals surface area contributed by atoms with Gasteiger partial charge in [0, 0.05) is 6.92 Å². The lowest BCUT2D eigenvalue weighted by atomic mass is 10.3. The van der Waals surface area contributed by atoms with Crippen LogP contribution < -0.4 is 0 Å². The highest BCUT2D eigenvalue weighted by Crippen LogP contribution is 2.24. The van der Waals surface area contributed by atoms with E-state index < -0.39 is 35.5 Å². The van der Waals surface area contributed by atoms with Crippen molar-refractivity contribution in [3.8, 4) is 0 Å². The first-order valence-electron chi connectivity index (χ1n) is 4.44. The van der Waals surface area contributed by atoms with E-state index in [1.807, 2.05) is 0 Å². The summed E-state index contributed by atoms with van der Waals surface area (Å²) in [5.74, 6) is -2.95. The van der Waals surface area contributed by atoms with E-state index in [4.69, 9.17) is 0 Å². The SMILES string of the molecule is CCOC(=O)c1oc(C(C)=O)nc1C(F)F. The smallest absolute Gasteiger partial charge is 0.376 e. The summed E-state index contributed by atoms with van der Waals surface area (Å²) >= 11 is 0. The maximum atomic E-state index is 12.5. The van der Waals surface area contributed by atoms with Crippen molar-refractivity contribution in [2.45, 2.75) is 20.3 Å². The molecule has 0 amide bonds. The van der Waals surface area contributed by atoms with Gasteiger partial charge in [0.25, 0.3) is 12.3 Å². The second-order valence-electron chi connectivity index (χ2n) is 2.81. The molecule has 0 atom stereocenters. The van der Waals surface area contributed by atoms with Gasteiger partial charge in [0.15, 0.2) is 5.69 Å². The van der Waals surface area contributed by atoms with Crippen LogP contribution in [0.2, 0.25) is 0 Å². The van der Waals surface area contributed by atoms with E-state index >= 15 is 0 Å². The number of hydrogen-bond donors (Lipinski definition) is 0. The summed E-state index contributed by atoms with van der Waals surface area (Å²) in [7, 11) is 0. The summed E-state index contributed by atoms with van der Waals surface area (Å²) in [6.45, 7) is 2.62. The number of carbonyl (C=O) groups excluding carboxylic acids is 2. The van der Waals surface area contributed by atoms with E-state index in [2.05, 4.69) is 14.1 Å².